The van der Waals surface area contributed by atoms with Gasteiger partial charge in [-0.25, -0.2) is 9.18 Å². The van der Waals surface area contributed by atoms with Crippen LogP contribution in [0.15, 0.2) is 23.1 Å². The maximum absolute atomic E-state index is 13.4. The van der Waals surface area contributed by atoms with Crippen LogP contribution in [0.2, 0.25) is 0 Å². The fraction of sp³-hybridized carbons (Fsp3) is 0.286. The third kappa shape index (κ3) is 2.23. The van der Waals surface area contributed by atoms with Gasteiger partial charge in [-0.15, -0.1) is 0 Å². The van der Waals surface area contributed by atoms with Crippen molar-refractivity contribution in [1.29, 1.82) is 0 Å². The highest BCUT2D eigenvalue weighted by Gasteiger charge is 2.16. The third-order valence-corrected chi connectivity index (χ3v) is 3.04. The van der Waals surface area contributed by atoms with Crippen LogP contribution in [0.3, 0.4) is 0 Å². The maximum atomic E-state index is 13.4. The molecule has 0 amide bonds. The summed E-state index contributed by atoms with van der Waals surface area (Å²) in [4.78, 5) is 23.1. The number of carboxylic acids is 1. The number of pyridine rings is 2. The van der Waals surface area contributed by atoms with Gasteiger partial charge in [0.25, 0.3) is 5.56 Å². The summed E-state index contributed by atoms with van der Waals surface area (Å²) in [7, 11) is 0. The Bertz CT molecular complexity index is 719. The van der Waals surface area contributed by atoms with Crippen LogP contribution in [0.1, 0.15) is 34.8 Å². The predicted octanol–water partition coefficient (Wildman–Crippen LogP) is 2.40. The molecule has 0 spiro atoms. The van der Waals surface area contributed by atoms with Gasteiger partial charge in [-0.2, -0.15) is 0 Å². The summed E-state index contributed by atoms with van der Waals surface area (Å²) in [6.07, 6.45) is 2.48. The summed E-state index contributed by atoms with van der Waals surface area (Å²) in [5, 5.41) is 9.05. The van der Waals surface area contributed by atoms with Crippen LogP contribution in [0.25, 0.3) is 5.52 Å². The summed E-state index contributed by atoms with van der Waals surface area (Å²) in [5.41, 5.74) is 0.934. The Hall–Kier alpha value is -2.17. The summed E-state index contributed by atoms with van der Waals surface area (Å²) < 4.78 is 14.5. The first-order valence-electron chi connectivity index (χ1n) is 6.03. The molecule has 0 aliphatic heterocycles. The minimum absolute atomic E-state index is 0.328. The standard InChI is InChI=1S/C14H14FNO3/c1-3-4-9-6-11(14(18)19)13(17)16-7-10(15)5-8(2)12(9)16/h5-7H,3-4H2,1-2H3,(H,18,19). The Balaban J connectivity index is 2.96. The second-order valence-corrected chi connectivity index (χ2v) is 4.50. The zero-order chi connectivity index (χ0) is 14.2. The van der Waals surface area contributed by atoms with Crippen LogP contribution in [-0.2, 0) is 6.42 Å². The van der Waals surface area contributed by atoms with Gasteiger partial charge in [0, 0.05) is 6.20 Å². The van der Waals surface area contributed by atoms with Gasteiger partial charge >= 0.3 is 5.97 Å². The van der Waals surface area contributed by atoms with E-state index in [1.54, 1.807) is 6.92 Å². The Labute approximate surface area is 109 Å². The Morgan fingerprint density at radius 1 is 1.42 bits per heavy atom. The second-order valence-electron chi connectivity index (χ2n) is 4.50. The number of carbonyl (C=O) groups is 1. The molecule has 0 aliphatic carbocycles. The van der Waals surface area contributed by atoms with Crippen LogP contribution >= 0.6 is 0 Å². The molecule has 0 saturated heterocycles. The summed E-state index contributed by atoms with van der Waals surface area (Å²) in [6, 6.07) is 2.74. The molecule has 0 aliphatic rings. The topological polar surface area (TPSA) is 58.8 Å². The van der Waals surface area contributed by atoms with Gasteiger partial charge in [-0.05, 0) is 36.6 Å². The van der Waals surface area contributed by atoms with E-state index in [1.165, 1.54) is 12.1 Å². The highest BCUT2D eigenvalue weighted by Crippen LogP contribution is 2.18. The second kappa shape index (κ2) is 4.84. The Morgan fingerprint density at radius 3 is 2.68 bits per heavy atom. The highest BCUT2D eigenvalue weighted by molar-refractivity contribution is 5.88. The average Bonchev–Trinajstić information content (AvgIpc) is 2.32. The molecule has 0 atom stereocenters. The molecule has 2 aromatic heterocycles. The zero-order valence-corrected chi connectivity index (χ0v) is 10.7. The van der Waals surface area contributed by atoms with E-state index in [0.717, 1.165) is 22.6 Å². The van der Waals surface area contributed by atoms with E-state index in [4.69, 9.17) is 5.11 Å². The Morgan fingerprint density at radius 2 is 2.11 bits per heavy atom. The van der Waals surface area contributed by atoms with Crippen LogP contribution in [-0.4, -0.2) is 15.5 Å². The molecule has 2 heterocycles. The van der Waals surface area contributed by atoms with Crippen molar-refractivity contribution in [1.82, 2.24) is 4.40 Å². The lowest BCUT2D eigenvalue weighted by atomic mass is 10.0. The SMILES string of the molecule is CCCc1cc(C(=O)O)c(=O)n2cc(F)cc(C)c12. The highest BCUT2D eigenvalue weighted by atomic mass is 19.1. The van der Waals surface area contributed by atoms with Crippen molar-refractivity contribution in [3.8, 4) is 0 Å². The number of aromatic carboxylic acids is 1. The molecule has 100 valence electrons. The summed E-state index contributed by atoms with van der Waals surface area (Å²) >= 11 is 0. The van der Waals surface area contributed by atoms with Gasteiger partial charge in [-0.1, -0.05) is 13.3 Å². The van der Waals surface area contributed by atoms with E-state index in [9.17, 15) is 14.0 Å². The van der Waals surface area contributed by atoms with Crippen molar-refractivity contribution in [2.75, 3.05) is 0 Å². The average molecular weight is 263 g/mol. The molecular weight excluding hydrogens is 249 g/mol. The number of fused-ring (bicyclic) bond motifs is 1. The van der Waals surface area contributed by atoms with Gasteiger partial charge in [-0.3, -0.25) is 9.20 Å². The number of rotatable bonds is 3. The number of hydrogen-bond acceptors (Lipinski definition) is 2. The lowest BCUT2D eigenvalue weighted by Gasteiger charge is -2.11. The van der Waals surface area contributed by atoms with Crippen molar-refractivity contribution in [3.05, 3.63) is 51.2 Å². The van der Waals surface area contributed by atoms with E-state index in [-0.39, 0.29) is 5.56 Å². The van der Waals surface area contributed by atoms with E-state index in [2.05, 4.69) is 0 Å². The van der Waals surface area contributed by atoms with Crippen LogP contribution < -0.4 is 5.56 Å². The molecule has 0 aromatic carbocycles. The number of hydrogen-bond donors (Lipinski definition) is 1. The van der Waals surface area contributed by atoms with Crippen molar-refractivity contribution in [3.63, 3.8) is 0 Å². The summed E-state index contributed by atoms with van der Waals surface area (Å²) in [5.74, 6) is -1.85. The van der Waals surface area contributed by atoms with Crippen molar-refractivity contribution in [2.45, 2.75) is 26.7 Å². The smallest absolute Gasteiger partial charge is 0.341 e. The normalized spacial score (nSPS) is 10.9. The number of nitrogens with zero attached hydrogens (tertiary/aromatic N) is 1. The minimum atomic E-state index is -1.29. The number of aromatic nitrogens is 1. The third-order valence-electron chi connectivity index (χ3n) is 3.04. The molecule has 2 aromatic rings. The first-order valence-corrected chi connectivity index (χ1v) is 6.03. The molecule has 0 unspecified atom stereocenters. The monoisotopic (exact) mass is 263 g/mol. The van der Waals surface area contributed by atoms with Gasteiger partial charge in [0.15, 0.2) is 0 Å². The predicted molar refractivity (Wildman–Crippen MR) is 69.3 cm³/mol. The number of aryl methyl sites for hydroxylation is 2. The largest absolute Gasteiger partial charge is 0.477 e. The molecule has 2 rings (SSSR count). The quantitative estimate of drug-likeness (QED) is 0.925. The molecule has 19 heavy (non-hydrogen) atoms. The number of carboxylic acid groups (broad SMARTS) is 1. The molecule has 1 N–H and O–H groups in total. The molecule has 5 heteroatoms. The van der Waals surface area contributed by atoms with Gasteiger partial charge in [0.1, 0.15) is 11.4 Å². The Kier molecular flexibility index (Phi) is 3.38. The van der Waals surface area contributed by atoms with Gasteiger partial charge < -0.3 is 5.11 Å². The van der Waals surface area contributed by atoms with E-state index < -0.39 is 17.3 Å². The van der Waals surface area contributed by atoms with Crippen LogP contribution in [0, 0.1) is 12.7 Å². The number of halogens is 1. The van der Waals surface area contributed by atoms with Crippen LogP contribution in [0.4, 0.5) is 4.39 Å². The first kappa shape index (κ1) is 13.3. The lowest BCUT2D eigenvalue weighted by Crippen LogP contribution is -2.23. The molecule has 0 radical (unpaired) electrons. The fourth-order valence-electron chi connectivity index (χ4n) is 2.31. The molecule has 0 bridgehead atoms. The molecule has 0 saturated carbocycles. The first-order chi connectivity index (χ1) is 8.95. The van der Waals surface area contributed by atoms with Crippen molar-refractivity contribution >= 4 is 11.5 Å². The van der Waals surface area contributed by atoms with Crippen molar-refractivity contribution in [2.24, 2.45) is 0 Å². The summed E-state index contributed by atoms with van der Waals surface area (Å²) in [6.45, 7) is 3.67. The minimum Gasteiger partial charge on any atom is -0.477 e. The van der Waals surface area contributed by atoms with Crippen molar-refractivity contribution < 1.29 is 14.3 Å². The molecule has 0 fully saturated rings. The zero-order valence-electron chi connectivity index (χ0n) is 10.7. The maximum Gasteiger partial charge on any atom is 0.341 e. The van der Waals surface area contributed by atoms with E-state index >= 15 is 0 Å². The molecular formula is C14H14FNO3. The van der Waals surface area contributed by atoms with E-state index in [1.807, 2.05) is 6.92 Å². The van der Waals surface area contributed by atoms with Gasteiger partial charge in [0.05, 0.1) is 5.52 Å². The fourth-order valence-corrected chi connectivity index (χ4v) is 2.31. The molecule has 4 nitrogen and oxygen atoms in total. The lowest BCUT2D eigenvalue weighted by molar-refractivity contribution is 0.0694. The van der Waals surface area contributed by atoms with Gasteiger partial charge in [0.2, 0.25) is 0 Å². The van der Waals surface area contributed by atoms with Crippen LogP contribution in [0.5, 0.6) is 0 Å². The van der Waals surface area contributed by atoms with E-state index in [0.29, 0.717) is 17.5 Å².